The summed E-state index contributed by atoms with van der Waals surface area (Å²) < 4.78 is 41.4. The Morgan fingerprint density at radius 3 is 2.90 bits per heavy atom. The van der Waals surface area contributed by atoms with Gasteiger partial charge in [0.2, 0.25) is 0 Å². The highest BCUT2D eigenvalue weighted by Gasteiger charge is 2.36. The molecule has 2 aliphatic heterocycles. The second kappa shape index (κ2) is 8.70. The summed E-state index contributed by atoms with van der Waals surface area (Å²) >= 11 is 0. The number of piperidine rings is 1. The van der Waals surface area contributed by atoms with Crippen LogP contribution in [0.3, 0.4) is 0 Å². The van der Waals surface area contributed by atoms with E-state index in [0.29, 0.717) is 11.5 Å². The molecule has 11 heteroatoms. The average Bonchev–Trinajstić information content (AvgIpc) is 3.32. The van der Waals surface area contributed by atoms with Crippen LogP contribution in [0.1, 0.15) is 24.7 Å². The van der Waals surface area contributed by atoms with Gasteiger partial charge in [0, 0.05) is 44.1 Å². The molecular formula is C20H21F3N8. The van der Waals surface area contributed by atoms with Gasteiger partial charge in [-0.25, -0.2) is 15.0 Å². The Hall–Kier alpha value is -3.50. The van der Waals surface area contributed by atoms with E-state index in [1.807, 2.05) is 6.20 Å². The van der Waals surface area contributed by atoms with Gasteiger partial charge in [0.1, 0.15) is 11.5 Å². The normalized spacial score (nSPS) is 20.0. The fourth-order valence-corrected chi connectivity index (χ4v) is 3.66. The minimum atomic E-state index is -4.55. The lowest BCUT2D eigenvalue weighted by atomic mass is 10.1. The number of nitrogens with zero attached hydrogens (tertiary/aromatic N) is 8. The molecule has 2 aromatic rings. The molecule has 1 saturated heterocycles. The Morgan fingerprint density at radius 1 is 1.29 bits per heavy atom. The van der Waals surface area contributed by atoms with E-state index in [1.165, 1.54) is 17.3 Å². The molecule has 0 bridgehead atoms. The van der Waals surface area contributed by atoms with Crippen LogP contribution in [0.5, 0.6) is 0 Å². The number of anilines is 1. The van der Waals surface area contributed by atoms with Crippen molar-refractivity contribution < 1.29 is 13.2 Å². The van der Waals surface area contributed by atoms with Crippen molar-refractivity contribution in [1.29, 1.82) is 0 Å². The van der Waals surface area contributed by atoms with Crippen molar-refractivity contribution in [2.24, 2.45) is 9.98 Å². The van der Waals surface area contributed by atoms with E-state index in [9.17, 15) is 13.2 Å². The molecule has 0 N–H and O–H groups in total. The van der Waals surface area contributed by atoms with Crippen molar-refractivity contribution >= 4 is 24.4 Å². The van der Waals surface area contributed by atoms with Crippen molar-refractivity contribution in [2.75, 3.05) is 24.5 Å². The highest BCUT2D eigenvalue weighted by atomic mass is 19.4. The summed E-state index contributed by atoms with van der Waals surface area (Å²) in [5, 5.41) is 0. The Bertz CT molecular complexity index is 1010. The summed E-state index contributed by atoms with van der Waals surface area (Å²) in [7, 11) is 0. The summed E-state index contributed by atoms with van der Waals surface area (Å²) in [5.41, 5.74) is -0.683. The number of aliphatic imine (C=N–C) groups is 2. The third-order valence-electron chi connectivity index (χ3n) is 5.14. The molecule has 0 aromatic carbocycles. The molecule has 0 radical (unpaired) electrons. The van der Waals surface area contributed by atoms with E-state index < -0.39 is 11.9 Å². The van der Waals surface area contributed by atoms with E-state index >= 15 is 0 Å². The Labute approximate surface area is 177 Å². The molecule has 1 atom stereocenters. The molecule has 4 heterocycles. The van der Waals surface area contributed by atoms with E-state index in [-0.39, 0.29) is 18.4 Å². The molecule has 0 amide bonds. The van der Waals surface area contributed by atoms with E-state index in [0.717, 1.165) is 32.1 Å². The minimum absolute atomic E-state index is 0.140. The number of hydrogen-bond donors (Lipinski definition) is 0. The molecule has 8 nitrogen and oxygen atoms in total. The SMILES string of the molecule is C=N/C=C(/c1nccc(N2CCCC(n3ccnc3)C2)n1)N1C=C(C(F)(F)F)N=CC1. The lowest BCUT2D eigenvalue weighted by Gasteiger charge is -2.34. The Kier molecular flexibility index (Phi) is 5.83. The lowest BCUT2D eigenvalue weighted by molar-refractivity contribution is -0.0934. The van der Waals surface area contributed by atoms with Gasteiger partial charge in [-0.1, -0.05) is 0 Å². The fraction of sp³-hybridized carbons (Fsp3) is 0.350. The zero-order valence-electron chi connectivity index (χ0n) is 16.7. The number of alkyl halides is 3. The second-order valence-electron chi connectivity index (χ2n) is 7.16. The maximum absolute atomic E-state index is 13.1. The maximum Gasteiger partial charge on any atom is 0.434 e. The molecule has 1 fully saturated rings. The average molecular weight is 430 g/mol. The monoisotopic (exact) mass is 430 g/mol. The van der Waals surface area contributed by atoms with Crippen LogP contribution in [0.15, 0.2) is 59.1 Å². The number of hydrogen-bond acceptors (Lipinski definition) is 7. The Morgan fingerprint density at radius 2 is 2.16 bits per heavy atom. The van der Waals surface area contributed by atoms with Gasteiger partial charge in [0.15, 0.2) is 11.5 Å². The summed E-state index contributed by atoms with van der Waals surface area (Å²) in [6, 6.07) is 2.07. The fourth-order valence-electron chi connectivity index (χ4n) is 3.66. The number of rotatable bonds is 5. The summed E-state index contributed by atoms with van der Waals surface area (Å²) in [6.45, 7) is 5.15. The smallest absolute Gasteiger partial charge is 0.354 e. The first-order chi connectivity index (χ1) is 15.0. The molecule has 1 unspecified atom stereocenters. The van der Waals surface area contributed by atoms with Gasteiger partial charge in [-0.15, -0.1) is 0 Å². The van der Waals surface area contributed by atoms with E-state index in [1.54, 1.807) is 24.8 Å². The minimum Gasteiger partial charge on any atom is -0.354 e. The number of imidazole rings is 1. The van der Waals surface area contributed by atoms with Gasteiger partial charge in [0.05, 0.1) is 25.1 Å². The van der Waals surface area contributed by atoms with Gasteiger partial charge in [-0.3, -0.25) is 9.98 Å². The predicted molar refractivity (Wildman–Crippen MR) is 112 cm³/mol. The van der Waals surface area contributed by atoms with Crippen molar-refractivity contribution in [2.45, 2.75) is 25.1 Å². The highest BCUT2D eigenvalue weighted by Crippen LogP contribution is 2.31. The van der Waals surface area contributed by atoms with Crippen LogP contribution < -0.4 is 4.90 Å². The van der Waals surface area contributed by atoms with Crippen molar-refractivity contribution in [3.63, 3.8) is 0 Å². The molecule has 0 spiro atoms. The summed E-state index contributed by atoms with van der Waals surface area (Å²) in [4.78, 5) is 23.7. The van der Waals surface area contributed by atoms with Gasteiger partial charge in [-0.2, -0.15) is 13.2 Å². The van der Waals surface area contributed by atoms with Crippen molar-refractivity contribution in [3.8, 4) is 0 Å². The lowest BCUT2D eigenvalue weighted by Crippen LogP contribution is -2.37. The van der Waals surface area contributed by atoms with Crippen LogP contribution in [0.4, 0.5) is 19.0 Å². The van der Waals surface area contributed by atoms with Gasteiger partial charge < -0.3 is 14.4 Å². The van der Waals surface area contributed by atoms with E-state index in [2.05, 4.69) is 41.1 Å². The predicted octanol–water partition coefficient (Wildman–Crippen LogP) is 3.30. The number of aromatic nitrogens is 4. The van der Waals surface area contributed by atoms with Crippen molar-refractivity contribution in [1.82, 2.24) is 24.4 Å². The topological polar surface area (TPSA) is 74.8 Å². The second-order valence-corrected chi connectivity index (χ2v) is 7.16. The molecular weight excluding hydrogens is 409 g/mol. The third-order valence-corrected chi connectivity index (χ3v) is 5.14. The van der Waals surface area contributed by atoms with Crippen LogP contribution in [0, 0.1) is 0 Å². The molecule has 4 rings (SSSR count). The number of allylic oxidation sites excluding steroid dienone is 1. The molecule has 162 valence electrons. The zero-order chi connectivity index (χ0) is 21.8. The standard InChI is InChI=1S/C20H21F3N8/c1-24-11-16(29-10-7-26-17(13-29)20(21,22)23)19-27-5-4-18(28-19)30-8-2-3-15(12-30)31-9-6-25-14-31/h4-7,9,11,13-15H,1-3,8,10,12H2/b16-11-. The molecule has 0 saturated carbocycles. The van der Waals surface area contributed by atoms with Crippen molar-refractivity contribution in [3.05, 3.63) is 54.9 Å². The van der Waals surface area contributed by atoms with Crippen LogP contribution in [-0.4, -0.2) is 63.2 Å². The summed E-state index contributed by atoms with van der Waals surface area (Å²) in [5.74, 6) is 0.971. The van der Waals surface area contributed by atoms with Gasteiger partial charge >= 0.3 is 6.18 Å². The zero-order valence-corrected chi connectivity index (χ0v) is 16.7. The molecule has 31 heavy (non-hydrogen) atoms. The first-order valence-electron chi connectivity index (χ1n) is 9.75. The van der Waals surface area contributed by atoms with Crippen LogP contribution in [0.2, 0.25) is 0 Å². The van der Waals surface area contributed by atoms with Crippen LogP contribution in [-0.2, 0) is 0 Å². The molecule has 2 aliphatic rings. The maximum atomic E-state index is 13.1. The van der Waals surface area contributed by atoms with E-state index in [4.69, 9.17) is 0 Å². The van der Waals surface area contributed by atoms with Gasteiger partial charge in [-0.05, 0) is 25.6 Å². The largest absolute Gasteiger partial charge is 0.434 e. The number of halogens is 3. The quantitative estimate of drug-likeness (QED) is 0.681. The first kappa shape index (κ1) is 20.8. The first-order valence-corrected chi connectivity index (χ1v) is 9.75. The Balaban J connectivity index is 1.60. The summed E-state index contributed by atoms with van der Waals surface area (Å²) in [6.07, 6.45) is 8.06. The molecule has 0 aliphatic carbocycles. The van der Waals surface area contributed by atoms with Gasteiger partial charge in [0.25, 0.3) is 0 Å². The highest BCUT2D eigenvalue weighted by molar-refractivity contribution is 5.70. The molecule has 2 aromatic heterocycles. The van der Waals surface area contributed by atoms with Crippen LogP contribution in [0.25, 0.3) is 5.70 Å². The van der Waals surface area contributed by atoms with Crippen LogP contribution >= 0.6 is 0 Å². The third kappa shape index (κ3) is 4.65.